The summed E-state index contributed by atoms with van der Waals surface area (Å²) in [4.78, 5) is 21.0. The molecule has 22 heavy (non-hydrogen) atoms. The lowest BCUT2D eigenvalue weighted by Crippen LogP contribution is -2.53. The Morgan fingerprint density at radius 2 is 2.00 bits per heavy atom. The molecule has 6 nitrogen and oxygen atoms in total. The van der Waals surface area contributed by atoms with Crippen molar-refractivity contribution >= 4 is 11.6 Å². The molecule has 2 aromatic rings. The van der Waals surface area contributed by atoms with E-state index in [1.165, 1.54) is 0 Å². The highest BCUT2D eigenvalue weighted by Gasteiger charge is 2.27. The third-order valence-electron chi connectivity index (χ3n) is 3.88. The van der Waals surface area contributed by atoms with Crippen LogP contribution in [0.5, 0.6) is 0 Å². The molecule has 0 bridgehead atoms. The SMILES string of the molecule is Cc1nc(C)c(F)c(N2CCN(c3cnccn3)C(C)C2)n1. The minimum atomic E-state index is -0.328. The molecule has 1 saturated heterocycles. The van der Waals surface area contributed by atoms with Gasteiger partial charge in [-0.1, -0.05) is 0 Å². The van der Waals surface area contributed by atoms with Gasteiger partial charge in [0.2, 0.25) is 0 Å². The Hall–Kier alpha value is -2.31. The molecule has 116 valence electrons. The van der Waals surface area contributed by atoms with Crippen LogP contribution in [-0.2, 0) is 0 Å². The molecule has 3 heterocycles. The van der Waals surface area contributed by atoms with Gasteiger partial charge in [-0.3, -0.25) is 4.98 Å². The van der Waals surface area contributed by atoms with Crippen LogP contribution in [0.1, 0.15) is 18.4 Å². The van der Waals surface area contributed by atoms with Gasteiger partial charge in [0.15, 0.2) is 11.6 Å². The standard InChI is InChI=1S/C15H19FN6/c1-10-9-21(15-14(16)11(2)19-12(3)20-15)6-7-22(10)13-8-17-4-5-18-13/h4-5,8,10H,6-7,9H2,1-3H3. The molecule has 0 aliphatic carbocycles. The van der Waals surface area contributed by atoms with Crippen LogP contribution in [-0.4, -0.2) is 45.6 Å². The zero-order valence-electron chi connectivity index (χ0n) is 13.0. The maximum Gasteiger partial charge on any atom is 0.186 e. The Kier molecular flexibility index (Phi) is 3.87. The fourth-order valence-corrected chi connectivity index (χ4v) is 2.82. The van der Waals surface area contributed by atoms with Crippen molar-refractivity contribution < 1.29 is 4.39 Å². The van der Waals surface area contributed by atoms with Crippen molar-refractivity contribution in [3.05, 3.63) is 35.9 Å². The van der Waals surface area contributed by atoms with Gasteiger partial charge in [-0.05, 0) is 20.8 Å². The highest BCUT2D eigenvalue weighted by Crippen LogP contribution is 2.24. The van der Waals surface area contributed by atoms with Gasteiger partial charge in [0.05, 0.1) is 11.9 Å². The molecule has 1 atom stereocenters. The predicted molar refractivity (Wildman–Crippen MR) is 82.5 cm³/mol. The molecule has 1 aliphatic heterocycles. The maximum atomic E-state index is 14.3. The molecule has 0 amide bonds. The Balaban J connectivity index is 1.81. The predicted octanol–water partition coefficient (Wildman–Crippen LogP) is 1.74. The van der Waals surface area contributed by atoms with Crippen LogP contribution in [0.4, 0.5) is 16.0 Å². The smallest absolute Gasteiger partial charge is 0.186 e. The van der Waals surface area contributed by atoms with Crippen molar-refractivity contribution in [3.8, 4) is 0 Å². The van der Waals surface area contributed by atoms with Gasteiger partial charge >= 0.3 is 0 Å². The number of aryl methyl sites for hydroxylation is 2. The third-order valence-corrected chi connectivity index (χ3v) is 3.88. The van der Waals surface area contributed by atoms with Crippen molar-refractivity contribution in [2.24, 2.45) is 0 Å². The summed E-state index contributed by atoms with van der Waals surface area (Å²) in [7, 11) is 0. The van der Waals surface area contributed by atoms with Crippen molar-refractivity contribution in [1.82, 2.24) is 19.9 Å². The highest BCUT2D eigenvalue weighted by atomic mass is 19.1. The monoisotopic (exact) mass is 302 g/mol. The van der Waals surface area contributed by atoms with Gasteiger partial charge < -0.3 is 9.80 Å². The van der Waals surface area contributed by atoms with Gasteiger partial charge in [-0.15, -0.1) is 0 Å². The molecule has 0 N–H and O–H groups in total. The Bertz CT molecular complexity index is 663. The maximum absolute atomic E-state index is 14.3. The summed E-state index contributed by atoms with van der Waals surface area (Å²) in [5.41, 5.74) is 0.395. The van der Waals surface area contributed by atoms with E-state index < -0.39 is 0 Å². The van der Waals surface area contributed by atoms with E-state index >= 15 is 0 Å². The Labute approximate surface area is 129 Å². The van der Waals surface area contributed by atoms with E-state index in [1.807, 2.05) is 4.90 Å². The van der Waals surface area contributed by atoms with E-state index in [4.69, 9.17) is 0 Å². The number of piperazine rings is 1. The quantitative estimate of drug-likeness (QED) is 0.842. The first-order valence-corrected chi connectivity index (χ1v) is 7.34. The summed E-state index contributed by atoms with van der Waals surface area (Å²) in [6.07, 6.45) is 5.10. The second kappa shape index (κ2) is 5.82. The zero-order valence-corrected chi connectivity index (χ0v) is 13.0. The number of rotatable bonds is 2. The summed E-state index contributed by atoms with van der Waals surface area (Å²) in [5.74, 6) is 1.52. The van der Waals surface area contributed by atoms with E-state index in [1.54, 1.807) is 32.4 Å². The molecule has 1 aliphatic rings. The average Bonchev–Trinajstić information content (AvgIpc) is 2.51. The summed E-state index contributed by atoms with van der Waals surface area (Å²) in [6.45, 7) is 7.68. The molecule has 1 unspecified atom stereocenters. The lowest BCUT2D eigenvalue weighted by molar-refractivity contribution is 0.522. The van der Waals surface area contributed by atoms with Gasteiger partial charge in [0.25, 0.3) is 0 Å². The van der Waals surface area contributed by atoms with Crippen LogP contribution >= 0.6 is 0 Å². The summed E-state index contributed by atoms with van der Waals surface area (Å²) >= 11 is 0. The van der Waals surface area contributed by atoms with Crippen LogP contribution in [0.3, 0.4) is 0 Å². The summed E-state index contributed by atoms with van der Waals surface area (Å²) in [5, 5.41) is 0. The fourth-order valence-electron chi connectivity index (χ4n) is 2.82. The topological polar surface area (TPSA) is 58.0 Å². The molecule has 0 saturated carbocycles. The largest absolute Gasteiger partial charge is 0.350 e. The average molecular weight is 302 g/mol. The van der Waals surface area contributed by atoms with Crippen molar-refractivity contribution in [2.45, 2.75) is 26.8 Å². The molecule has 7 heteroatoms. The number of anilines is 2. The minimum absolute atomic E-state index is 0.195. The number of aromatic nitrogens is 4. The van der Waals surface area contributed by atoms with Gasteiger partial charge in [-0.25, -0.2) is 19.3 Å². The van der Waals surface area contributed by atoms with Gasteiger partial charge in [-0.2, -0.15) is 0 Å². The van der Waals surface area contributed by atoms with Crippen molar-refractivity contribution in [2.75, 3.05) is 29.4 Å². The third kappa shape index (κ3) is 2.70. The van der Waals surface area contributed by atoms with Gasteiger partial charge in [0, 0.05) is 38.1 Å². The molecule has 0 spiro atoms. The van der Waals surface area contributed by atoms with E-state index in [0.717, 1.165) is 12.4 Å². The molecule has 0 radical (unpaired) electrons. The number of nitrogens with zero attached hydrogens (tertiary/aromatic N) is 6. The number of hydrogen-bond acceptors (Lipinski definition) is 6. The highest BCUT2D eigenvalue weighted by molar-refractivity contribution is 5.46. The minimum Gasteiger partial charge on any atom is -0.350 e. The number of halogens is 1. The first-order valence-electron chi connectivity index (χ1n) is 7.34. The van der Waals surface area contributed by atoms with Crippen molar-refractivity contribution in [1.29, 1.82) is 0 Å². The summed E-state index contributed by atoms with van der Waals surface area (Å²) < 4.78 is 14.3. The lowest BCUT2D eigenvalue weighted by Gasteiger charge is -2.41. The number of hydrogen-bond donors (Lipinski definition) is 0. The zero-order chi connectivity index (χ0) is 15.7. The van der Waals surface area contributed by atoms with E-state index in [-0.39, 0.29) is 11.9 Å². The van der Waals surface area contributed by atoms with Crippen molar-refractivity contribution in [3.63, 3.8) is 0 Å². The van der Waals surface area contributed by atoms with Crippen LogP contribution in [0.25, 0.3) is 0 Å². The first kappa shape index (κ1) is 14.6. The first-order chi connectivity index (χ1) is 10.6. The van der Waals surface area contributed by atoms with E-state index in [0.29, 0.717) is 30.4 Å². The molecule has 1 fully saturated rings. The van der Waals surface area contributed by atoms with Crippen LogP contribution in [0, 0.1) is 19.7 Å². The Morgan fingerprint density at radius 3 is 2.68 bits per heavy atom. The summed E-state index contributed by atoms with van der Waals surface area (Å²) in [6, 6.07) is 0.195. The van der Waals surface area contributed by atoms with Crippen LogP contribution in [0.2, 0.25) is 0 Å². The molecule has 3 rings (SSSR count). The second-order valence-corrected chi connectivity index (χ2v) is 5.55. The molecular formula is C15H19FN6. The van der Waals surface area contributed by atoms with Crippen LogP contribution in [0.15, 0.2) is 18.6 Å². The van der Waals surface area contributed by atoms with E-state index in [2.05, 4.69) is 31.8 Å². The lowest BCUT2D eigenvalue weighted by atomic mass is 10.2. The second-order valence-electron chi connectivity index (χ2n) is 5.55. The molecular weight excluding hydrogens is 283 g/mol. The van der Waals surface area contributed by atoms with Crippen LogP contribution < -0.4 is 9.80 Å². The Morgan fingerprint density at radius 1 is 1.18 bits per heavy atom. The van der Waals surface area contributed by atoms with E-state index in [9.17, 15) is 4.39 Å². The normalized spacial score (nSPS) is 18.6. The molecule has 0 aromatic carbocycles. The molecule has 2 aromatic heterocycles. The fraction of sp³-hybridized carbons (Fsp3) is 0.467. The van der Waals surface area contributed by atoms with Gasteiger partial charge in [0.1, 0.15) is 11.6 Å².